The molecule has 2 fully saturated rings. The average molecular weight is 275 g/mol. The fourth-order valence-electron chi connectivity index (χ4n) is 3.17. The molecule has 5 nitrogen and oxygen atoms in total. The first kappa shape index (κ1) is 13.8. The quantitative estimate of drug-likeness (QED) is 0.736. The molecule has 2 saturated heterocycles. The van der Waals surface area contributed by atoms with Gasteiger partial charge in [0.2, 0.25) is 0 Å². The Morgan fingerprint density at radius 1 is 1.39 bits per heavy atom. The van der Waals surface area contributed by atoms with Gasteiger partial charge in [0.05, 0.1) is 18.6 Å². The molecule has 104 valence electrons. The fourth-order valence-corrected chi connectivity index (χ4v) is 5.03. The summed E-state index contributed by atoms with van der Waals surface area (Å²) in [7, 11) is -1.49. The predicted molar refractivity (Wildman–Crippen MR) is 67.9 cm³/mol. The van der Waals surface area contributed by atoms with Gasteiger partial charge in [-0.1, -0.05) is 0 Å². The van der Waals surface area contributed by atoms with E-state index in [1.165, 1.54) is 7.11 Å². The Bertz CT molecular complexity index is 433. The van der Waals surface area contributed by atoms with E-state index >= 15 is 0 Å². The Morgan fingerprint density at radius 2 is 2.11 bits per heavy atom. The number of rotatable bonds is 2. The fraction of sp³-hybridized carbons (Fsp3) is 0.917. The summed E-state index contributed by atoms with van der Waals surface area (Å²) in [6, 6.07) is 0. The van der Waals surface area contributed by atoms with E-state index in [4.69, 9.17) is 4.74 Å². The molecule has 18 heavy (non-hydrogen) atoms. The number of methoxy groups -OCH3 is 1. The van der Waals surface area contributed by atoms with Crippen molar-refractivity contribution in [1.29, 1.82) is 0 Å². The normalized spacial score (nSPS) is 39.4. The number of sulfone groups is 1. The Kier molecular flexibility index (Phi) is 3.69. The van der Waals surface area contributed by atoms with Gasteiger partial charge in [-0.2, -0.15) is 0 Å². The molecule has 3 unspecified atom stereocenters. The van der Waals surface area contributed by atoms with Gasteiger partial charge in [-0.3, -0.25) is 4.79 Å². The van der Waals surface area contributed by atoms with Crippen molar-refractivity contribution in [2.75, 3.05) is 25.2 Å². The molecule has 0 amide bonds. The molecular formula is C12H21NO4S. The topological polar surface area (TPSA) is 72.5 Å². The largest absolute Gasteiger partial charge is 0.468 e. The first-order valence-corrected chi connectivity index (χ1v) is 8.22. The van der Waals surface area contributed by atoms with Crippen molar-refractivity contribution in [1.82, 2.24) is 5.32 Å². The maximum absolute atomic E-state index is 11.7. The van der Waals surface area contributed by atoms with Crippen molar-refractivity contribution >= 4 is 15.8 Å². The van der Waals surface area contributed by atoms with E-state index in [0.717, 1.165) is 12.8 Å². The van der Waals surface area contributed by atoms with E-state index in [1.54, 1.807) is 0 Å². The number of hydrogen-bond acceptors (Lipinski definition) is 5. The van der Waals surface area contributed by atoms with Crippen LogP contribution in [0.2, 0.25) is 0 Å². The second-order valence-corrected chi connectivity index (χ2v) is 7.91. The van der Waals surface area contributed by atoms with Gasteiger partial charge in [0, 0.05) is 0 Å². The molecule has 2 aliphatic rings. The summed E-state index contributed by atoms with van der Waals surface area (Å²) >= 11 is 0. The summed E-state index contributed by atoms with van der Waals surface area (Å²) in [6.07, 6.45) is 2.36. The third-order valence-electron chi connectivity index (χ3n) is 4.23. The molecule has 2 rings (SSSR count). The molecule has 2 heterocycles. The molecule has 0 saturated carbocycles. The van der Waals surface area contributed by atoms with E-state index in [2.05, 4.69) is 5.32 Å². The van der Waals surface area contributed by atoms with Crippen LogP contribution in [0.4, 0.5) is 0 Å². The van der Waals surface area contributed by atoms with Crippen LogP contribution >= 0.6 is 0 Å². The molecular weight excluding hydrogens is 254 g/mol. The van der Waals surface area contributed by atoms with Crippen LogP contribution in [0.5, 0.6) is 0 Å². The minimum Gasteiger partial charge on any atom is -0.468 e. The summed E-state index contributed by atoms with van der Waals surface area (Å²) in [4.78, 5) is 11.7. The number of carbonyl (C=O) groups is 1. The molecule has 0 aromatic rings. The zero-order valence-electron chi connectivity index (χ0n) is 10.9. The summed E-state index contributed by atoms with van der Waals surface area (Å²) in [5.74, 6) is 0.768. The second-order valence-electron chi connectivity index (χ2n) is 5.69. The van der Waals surface area contributed by atoms with E-state index in [-0.39, 0.29) is 23.6 Å². The van der Waals surface area contributed by atoms with Crippen LogP contribution in [0.25, 0.3) is 0 Å². The third-order valence-corrected chi connectivity index (χ3v) is 6.07. The van der Waals surface area contributed by atoms with E-state index in [0.29, 0.717) is 18.7 Å². The van der Waals surface area contributed by atoms with Gasteiger partial charge in [-0.15, -0.1) is 0 Å². The summed E-state index contributed by atoms with van der Waals surface area (Å²) < 4.78 is 28.1. The van der Waals surface area contributed by atoms with E-state index < -0.39 is 15.4 Å². The van der Waals surface area contributed by atoms with Gasteiger partial charge in [0.25, 0.3) is 0 Å². The van der Waals surface area contributed by atoms with Gasteiger partial charge >= 0.3 is 5.97 Å². The molecule has 0 aliphatic carbocycles. The van der Waals surface area contributed by atoms with Crippen molar-refractivity contribution in [3.05, 3.63) is 0 Å². The van der Waals surface area contributed by atoms with Gasteiger partial charge in [0.1, 0.15) is 5.54 Å². The molecule has 0 bridgehead atoms. The minimum atomic E-state index is -2.88. The SMILES string of the molecule is COC(=O)C1(C)CC(C2CCCS(=O)(=O)C2)CN1. The lowest BCUT2D eigenvalue weighted by Gasteiger charge is -2.27. The van der Waals surface area contributed by atoms with E-state index in [9.17, 15) is 13.2 Å². The lowest BCUT2D eigenvalue weighted by Crippen LogP contribution is -2.45. The Hall–Kier alpha value is -0.620. The highest BCUT2D eigenvalue weighted by molar-refractivity contribution is 7.91. The van der Waals surface area contributed by atoms with Crippen LogP contribution < -0.4 is 5.32 Å². The number of ether oxygens (including phenoxy) is 1. The van der Waals surface area contributed by atoms with Gasteiger partial charge in [-0.25, -0.2) is 8.42 Å². The highest BCUT2D eigenvalue weighted by Crippen LogP contribution is 2.35. The monoisotopic (exact) mass is 275 g/mol. The Balaban J connectivity index is 2.03. The summed E-state index contributed by atoms with van der Waals surface area (Å²) in [5.41, 5.74) is -0.652. The van der Waals surface area contributed by atoms with Crippen LogP contribution in [0.15, 0.2) is 0 Å². The predicted octanol–water partition coefficient (Wildman–Crippen LogP) is 0.352. The standard InChI is InChI=1S/C12H21NO4S/c1-12(11(14)17-2)6-10(7-13-12)9-4-3-5-18(15,16)8-9/h9-10,13H,3-8H2,1-2H3. The number of hydrogen-bond donors (Lipinski definition) is 1. The van der Waals surface area contributed by atoms with Crippen LogP contribution in [-0.4, -0.2) is 45.1 Å². The Labute approximate surface area is 108 Å². The first-order valence-electron chi connectivity index (χ1n) is 6.40. The zero-order chi connectivity index (χ0) is 13.4. The van der Waals surface area contributed by atoms with Gasteiger partial charge in [0.15, 0.2) is 9.84 Å². The average Bonchev–Trinajstić information content (AvgIpc) is 2.71. The summed E-state index contributed by atoms with van der Waals surface area (Å²) in [5, 5.41) is 3.19. The molecule has 6 heteroatoms. The Morgan fingerprint density at radius 3 is 2.72 bits per heavy atom. The molecule has 0 aromatic carbocycles. The molecule has 2 aliphatic heterocycles. The number of esters is 1. The molecule has 0 aromatic heterocycles. The zero-order valence-corrected chi connectivity index (χ0v) is 11.8. The van der Waals surface area contributed by atoms with Gasteiger partial charge in [-0.05, 0) is 44.6 Å². The lowest BCUT2D eigenvalue weighted by atomic mass is 9.84. The smallest absolute Gasteiger partial charge is 0.325 e. The molecule has 0 radical (unpaired) electrons. The van der Waals surface area contributed by atoms with Crippen molar-refractivity contribution < 1.29 is 17.9 Å². The van der Waals surface area contributed by atoms with Crippen molar-refractivity contribution in [3.8, 4) is 0 Å². The van der Waals surface area contributed by atoms with Crippen LogP contribution in [0.3, 0.4) is 0 Å². The highest BCUT2D eigenvalue weighted by atomic mass is 32.2. The number of carbonyl (C=O) groups excluding carboxylic acids is 1. The summed E-state index contributed by atoms with van der Waals surface area (Å²) in [6.45, 7) is 2.53. The van der Waals surface area contributed by atoms with Crippen LogP contribution in [0, 0.1) is 11.8 Å². The second kappa shape index (κ2) is 4.81. The molecule has 1 N–H and O–H groups in total. The number of nitrogens with one attached hydrogen (secondary N) is 1. The highest BCUT2D eigenvalue weighted by Gasteiger charge is 2.45. The lowest BCUT2D eigenvalue weighted by molar-refractivity contribution is -0.147. The van der Waals surface area contributed by atoms with E-state index in [1.807, 2.05) is 6.92 Å². The molecule has 0 spiro atoms. The maximum Gasteiger partial charge on any atom is 0.325 e. The maximum atomic E-state index is 11.7. The van der Waals surface area contributed by atoms with Crippen molar-refractivity contribution in [2.24, 2.45) is 11.8 Å². The molecule has 3 atom stereocenters. The third kappa shape index (κ3) is 2.69. The van der Waals surface area contributed by atoms with Gasteiger partial charge < -0.3 is 10.1 Å². The van der Waals surface area contributed by atoms with Crippen molar-refractivity contribution in [2.45, 2.75) is 31.7 Å². The van der Waals surface area contributed by atoms with Crippen molar-refractivity contribution in [3.63, 3.8) is 0 Å². The van der Waals surface area contributed by atoms with Crippen LogP contribution in [-0.2, 0) is 19.4 Å². The first-order chi connectivity index (χ1) is 8.36. The minimum absolute atomic E-state index is 0.183. The van der Waals surface area contributed by atoms with Crippen LogP contribution in [0.1, 0.15) is 26.2 Å².